The van der Waals surface area contributed by atoms with Gasteiger partial charge in [0.1, 0.15) is 18.1 Å². The molecule has 0 amide bonds. The van der Waals surface area contributed by atoms with Crippen LogP contribution in [0.5, 0.6) is 11.5 Å². The molecule has 33 heavy (non-hydrogen) atoms. The van der Waals surface area contributed by atoms with Crippen LogP contribution in [0.4, 0.5) is 11.4 Å². The monoisotopic (exact) mass is 470 g/mol. The van der Waals surface area contributed by atoms with Crippen molar-refractivity contribution in [2.45, 2.75) is 0 Å². The van der Waals surface area contributed by atoms with Crippen molar-refractivity contribution in [3.05, 3.63) is 55.0 Å². The first-order valence-corrected chi connectivity index (χ1v) is 10.3. The Labute approximate surface area is 198 Å². The summed E-state index contributed by atoms with van der Waals surface area (Å²) in [6.07, 6.45) is 5.43. The van der Waals surface area contributed by atoms with E-state index in [-0.39, 0.29) is 25.6 Å². The number of aliphatic hydroxyl groups is 1. The Kier molecular flexibility index (Phi) is 8.05. The van der Waals surface area contributed by atoms with Gasteiger partial charge >= 0.3 is 0 Å². The van der Waals surface area contributed by atoms with E-state index in [1.165, 1.54) is 0 Å². The summed E-state index contributed by atoms with van der Waals surface area (Å²) in [6, 6.07) is 11.5. The molecule has 9 nitrogen and oxygen atoms in total. The van der Waals surface area contributed by atoms with Gasteiger partial charge in [-0.1, -0.05) is 0 Å². The minimum Gasteiger partial charge on any atom is -0.497 e. The predicted molar refractivity (Wildman–Crippen MR) is 131 cm³/mol. The van der Waals surface area contributed by atoms with Gasteiger partial charge in [-0.05, 0) is 18.2 Å². The molecule has 0 radical (unpaired) electrons. The van der Waals surface area contributed by atoms with Gasteiger partial charge in [-0.2, -0.15) is 5.10 Å². The first kappa shape index (κ1) is 24.2. The Morgan fingerprint density at radius 2 is 1.88 bits per heavy atom. The van der Waals surface area contributed by atoms with E-state index in [0.717, 1.165) is 33.7 Å². The summed E-state index contributed by atoms with van der Waals surface area (Å²) in [5, 5.41) is 13.3. The molecule has 0 atom stereocenters. The number of anilines is 2. The lowest BCUT2D eigenvalue weighted by molar-refractivity contribution is 0.201. The molecule has 0 saturated heterocycles. The van der Waals surface area contributed by atoms with Crippen LogP contribution in [0.15, 0.2) is 55.0 Å². The van der Waals surface area contributed by atoms with Crippen LogP contribution >= 0.6 is 12.4 Å². The summed E-state index contributed by atoms with van der Waals surface area (Å²) < 4.78 is 12.8. The van der Waals surface area contributed by atoms with Gasteiger partial charge in [0.05, 0.1) is 42.8 Å². The number of aryl methyl sites for hydroxylation is 1. The maximum atomic E-state index is 9.10. The maximum Gasteiger partial charge on any atom is 0.125 e. The van der Waals surface area contributed by atoms with Crippen LogP contribution in [-0.4, -0.2) is 58.3 Å². The summed E-state index contributed by atoms with van der Waals surface area (Å²) in [6.45, 7) is 1.16. The number of aliphatic hydroxyl groups excluding tert-OH is 1. The molecule has 4 aromatic rings. The van der Waals surface area contributed by atoms with Gasteiger partial charge in [0.25, 0.3) is 0 Å². The van der Waals surface area contributed by atoms with Gasteiger partial charge in [-0.15, -0.1) is 12.4 Å². The van der Waals surface area contributed by atoms with Crippen molar-refractivity contribution < 1.29 is 14.6 Å². The van der Waals surface area contributed by atoms with Gasteiger partial charge in [0.2, 0.25) is 0 Å². The second-order valence-electron chi connectivity index (χ2n) is 7.21. The number of fused-ring (bicyclic) bond motifs is 1. The Bertz CT molecular complexity index is 1220. The Morgan fingerprint density at radius 3 is 2.58 bits per heavy atom. The molecule has 4 rings (SSSR count). The van der Waals surface area contributed by atoms with Gasteiger partial charge < -0.3 is 25.2 Å². The Balaban J connectivity index is 0.00000306. The van der Waals surface area contributed by atoms with Crippen LogP contribution < -0.4 is 20.1 Å². The molecule has 0 aliphatic rings. The van der Waals surface area contributed by atoms with Gasteiger partial charge in [-0.3, -0.25) is 9.67 Å². The second kappa shape index (κ2) is 11.0. The highest BCUT2D eigenvalue weighted by Gasteiger charge is 2.14. The third kappa shape index (κ3) is 5.51. The standard InChI is InChI=1S/C23H26N6O3.ClH/c1-28-15-16(13-26-28)23-14-25-21-4-3-17(11-22(21)27-23)29(6-5-24)18-9-19(31-2)12-20(10-18)32-8-7-30;/h3-4,9-15,30H,5-8,24H2,1-2H3;1H. The molecule has 174 valence electrons. The third-order valence-corrected chi connectivity index (χ3v) is 4.96. The summed E-state index contributed by atoms with van der Waals surface area (Å²) in [5.41, 5.74) is 10.9. The zero-order valence-electron chi connectivity index (χ0n) is 18.5. The summed E-state index contributed by atoms with van der Waals surface area (Å²) in [5.74, 6) is 1.26. The smallest absolute Gasteiger partial charge is 0.125 e. The van der Waals surface area contributed by atoms with Gasteiger partial charge in [0.15, 0.2) is 0 Å². The SMILES string of the molecule is COc1cc(OCCO)cc(N(CCN)c2ccc3ncc(-c4cnn(C)c4)nc3c2)c1.Cl. The number of rotatable bonds is 9. The largest absolute Gasteiger partial charge is 0.497 e. The number of nitrogens with two attached hydrogens (primary N) is 1. The van der Waals surface area contributed by atoms with Crippen molar-refractivity contribution in [1.29, 1.82) is 0 Å². The Hall–Kier alpha value is -3.40. The van der Waals surface area contributed by atoms with Crippen molar-refractivity contribution in [2.75, 3.05) is 38.3 Å². The van der Waals surface area contributed by atoms with Gasteiger partial charge in [-0.25, -0.2) is 4.98 Å². The van der Waals surface area contributed by atoms with E-state index in [0.29, 0.717) is 24.6 Å². The molecule has 0 aliphatic carbocycles. The molecule has 2 heterocycles. The lowest BCUT2D eigenvalue weighted by Gasteiger charge is -2.25. The Morgan fingerprint density at radius 1 is 1.06 bits per heavy atom. The molecule has 2 aromatic heterocycles. The van der Waals surface area contributed by atoms with E-state index >= 15 is 0 Å². The number of ether oxygens (including phenoxy) is 2. The van der Waals surface area contributed by atoms with Crippen molar-refractivity contribution in [3.8, 4) is 22.8 Å². The van der Waals surface area contributed by atoms with Gasteiger partial charge in [0, 0.05) is 61.5 Å². The molecular formula is C23H27ClN6O3. The van der Waals surface area contributed by atoms with Crippen LogP contribution in [0.25, 0.3) is 22.3 Å². The van der Waals surface area contributed by atoms with Crippen molar-refractivity contribution >= 4 is 34.8 Å². The normalized spacial score (nSPS) is 10.7. The van der Waals surface area contributed by atoms with Crippen LogP contribution in [0.2, 0.25) is 0 Å². The minimum absolute atomic E-state index is 0. The molecule has 0 saturated carbocycles. The molecule has 0 spiro atoms. The number of methoxy groups -OCH3 is 1. The minimum atomic E-state index is -0.0678. The highest BCUT2D eigenvalue weighted by Crippen LogP contribution is 2.34. The number of hydrogen-bond donors (Lipinski definition) is 2. The third-order valence-electron chi connectivity index (χ3n) is 4.96. The summed E-state index contributed by atoms with van der Waals surface area (Å²) in [4.78, 5) is 11.4. The molecule has 0 bridgehead atoms. The van der Waals surface area contributed by atoms with Crippen molar-refractivity contribution in [2.24, 2.45) is 12.8 Å². The number of hydrogen-bond acceptors (Lipinski definition) is 8. The van der Waals surface area contributed by atoms with Crippen LogP contribution in [0, 0.1) is 0 Å². The molecule has 10 heteroatoms. The molecule has 3 N–H and O–H groups in total. The highest BCUT2D eigenvalue weighted by atomic mass is 35.5. The number of halogens is 1. The van der Waals surface area contributed by atoms with Crippen LogP contribution in [0.3, 0.4) is 0 Å². The summed E-state index contributed by atoms with van der Waals surface area (Å²) in [7, 11) is 3.47. The van der Waals surface area contributed by atoms with E-state index in [9.17, 15) is 0 Å². The van der Waals surface area contributed by atoms with E-state index in [1.807, 2.05) is 43.6 Å². The predicted octanol–water partition coefficient (Wildman–Crippen LogP) is 2.93. The first-order valence-electron chi connectivity index (χ1n) is 10.3. The summed E-state index contributed by atoms with van der Waals surface area (Å²) >= 11 is 0. The van der Waals surface area contributed by atoms with Crippen molar-refractivity contribution in [1.82, 2.24) is 19.7 Å². The van der Waals surface area contributed by atoms with Crippen LogP contribution in [0.1, 0.15) is 0 Å². The average Bonchev–Trinajstić information content (AvgIpc) is 3.26. The lowest BCUT2D eigenvalue weighted by atomic mass is 10.2. The fraction of sp³-hybridized carbons (Fsp3) is 0.261. The average molecular weight is 471 g/mol. The van der Waals surface area contributed by atoms with E-state index in [4.69, 9.17) is 25.3 Å². The molecule has 2 aromatic carbocycles. The number of aromatic nitrogens is 4. The lowest BCUT2D eigenvalue weighted by Crippen LogP contribution is -2.25. The van der Waals surface area contributed by atoms with E-state index < -0.39 is 0 Å². The van der Waals surface area contributed by atoms with Crippen LogP contribution in [-0.2, 0) is 7.05 Å². The fourth-order valence-corrected chi connectivity index (χ4v) is 3.47. The molecule has 0 fully saturated rings. The first-order chi connectivity index (χ1) is 15.6. The van der Waals surface area contributed by atoms with E-state index in [2.05, 4.69) is 15.0 Å². The quantitative estimate of drug-likeness (QED) is 0.384. The topological polar surface area (TPSA) is 112 Å². The zero-order chi connectivity index (χ0) is 22.5. The zero-order valence-corrected chi connectivity index (χ0v) is 19.3. The molecule has 0 aliphatic heterocycles. The molecular weight excluding hydrogens is 444 g/mol. The highest BCUT2D eigenvalue weighted by molar-refractivity contribution is 5.85. The number of nitrogens with zero attached hydrogens (tertiary/aromatic N) is 5. The van der Waals surface area contributed by atoms with Crippen molar-refractivity contribution in [3.63, 3.8) is 0 Å². The van der Waals surface area contributed by atoms with E-state index in [1.54, 1.807) is 30.3 Å². The second-order valence-corrected chi connectivity index (χ2v) is 7.21. The fourth-order valence-electron chi connectivity index (χ4n) is 3.47. The maximum absolute atomic E-state index is 9.10. The molecule has 0 unspecified atom stereocenters. The number of benzene rings is 2.